The first-order chi connectivity index (χ1) is 15.3. The monoisotopic (exact) mass is 439 g/mol. The smallest absolute Gasteiger partial charge is 0.295 e. The molecule has 1 amide bonds. The first kappa shape index (κ1) is 23.3. The number of Topliss-reactive ketones (excluding diaryl/α,β-unsaturated/α-hetero) is 1. The van der Waals surface area contributed by atoms with Crippen LogP contribution in [0.15, 0.2) is 54.1 Å². The number of amides is 1. The Bertz CT molecular complexity index is 999. The van der Waals surface area contributed by atoms with Crippen LogP contribution in [0.2, 0.25) is 0 Å². The van der Waals surface area contributed by atoms with Crippen molar-refractivity contribution in [3.05, 3.63) is 65.2 Å². The number of phenolic OH excluding ortho intramolecular Hbond substituents is 1. The van der Waals surface area contributed by atoms with E-state index in [1.165, 1.54) is 11.0 Å². The van der Waals surface area contributed by atoms with E-state index in [-0.39, 0.29) is 35.5 Å². The summed E-state index contributed by atoms with van der Waals surface area (Å²) in [7, 11) is 0. The molecule has 170 valence electrons. The second-order valence-electron chi connectivity index (χ2n) is 7.79. The third-order valence-electron chi connectivity index (χ3n) is 5.18. The van der Waals surface area contributed by atoms with Gasteiger partial charge in [-0.05, 0) is 44.9 Å². The summed E-state index contributed by atoms with van der Waals surface area (Å²) >= 11 is 0. The first-order valence-corrected chi connectivity index (χ1v) is 10.8. The zero-order valence-corrected chi connectivity index (χ0v) is 18.6. The molecule has 2 aromatic carbocycles. The minimum Gasteiger partial charge on any atom is -0.507 e. The number of carbonyl (C=O) groups is 2. The molecule has 7 nitrogen and oxygen atoms in total. The van der Waals surface area contributed by atoms with Gasteiger partial charge in [0, 0.05) is 18.7 Å². The lowest BCUT2D eigenvalue weighted by atomic mass is 9.95. The Hall–Kier alpha value is -3.32. The molecule has 0 aliphatic carbocycles. The highest BCUT2D eigenvalue weighted by Crippen LogP contribution is 2.41. The predicted molar refractivity (Wildman–Crippen MR) is 120 cm³/mol. The summed E-state index contributed by atoms with van der Waals surface area (Å²) in [6.45, 7) is 6.70. The van der Waals surface area contributed by atoms with Crippen molar-refractivity contribution >= 4 is 17.4 Å². The van der Waals surface area contributed by atoms with Crippen LogP contribution in [0.25, 0.3) is 5.76 Å². The second-order valence-corrected chi connectivity index (χ2v) is 7.79. The summed E-state index contributed by atoms with van der Waals surface area (Å²) in [6.07, 6.45) is 0.592. The molecule has 1 atom stereocenters. The molecule has 1 aliphatic heterocycles. The minimum atomic E-state index is -0.811. The Morgan fingerprint density at radius 2 is 1.84 bits per heavy atom. The van der Waals surface area contributed by atoms with Crippen LogP contribution in [-0.2, 0) is 14.3 Å². The molecular weight excluding hydrogens is 410 g/mol. The lowest BCUT2D eigenvalue weighted by Crippen LogP contribution is -2.31. The highest BCUT2D eigenvalue weighted by molar-refractivity contribution is 6.46. The average Bonchev–Trinajstić information content (AvgIpc) is 3.03. The van der Waals surface area contributed by atoms with Gasteiger partial charge in [-0.1, -0.05) is 36.4 Å². The van der Waals surface area contributed by atoms with Crippen molar-refractivity contribution in [2.45, 2.75) is 39.3 Å². The molecule has 1 saturated heterocycles. The van der Waals surface area contributed by atoms with Crippen molar-refractivity contribution in [2.24, 2.45) is 0 Å². The van der Waals surface area contributed by atoms with Crippen molar-refractivity contribution in [3.8, 4) is 11.5 Å². The average molecular weight is 440 g/mol. The number of phenols is 1. The van der Waals surface area contributed by atoms with E-state index in [1.807, 2.05) is 13.8 Å². The molecule has 1 heterocycles. The first-order valence-electron chi connectivity index (χ1n) is 10.8. The van der Waals surface area contributed by atoms with E-state index in [0.717, 1.165) is 0 Å². The van der Waals surface area contributed by atoms with Gasteiger partial charge >= 0.3 is 0 Å². The van der Waals surface area contributed by atoms with Crippen LogP contribution in [-0.4, -0.2) is 52.7 Å². The van der Waals surface area contributed by atoms with E-state index in [0.29, 0.717) is 30.8 Å². The summed E-state index contributed by atoms with van der Waals surface area (Å²) in [5.41, 5.74) is 1.02. The van der Waals surface area contributed by atoms with Gasteiger partial charge in [0.1, 0.15) is 5.76 Å². The summed E-state index contributed by atoms with van der Waals surface area (Å²) < 4.78 is 11.1. The molecule has 7 heteroatoms. The maximum Gasteiger partial charge on any atom is 0.295 e. The Balaban J connectivity index is 2.06. The summed E-state index contributed by atoms with van der Waals surface area (Å²) in [5, 5.41) is 21.1. The van der Waals surface area contributed by atoms with Gasteiger partial charge in [-0.25, -0.2) is 0 Å². The lowest BCUT2D eigenvalue weighted by molar-refractivity contribution is -0.140. The highest BCUT2D eigenvalue weighted by Gasteiger charge is 2.46. The standard InChI is InChI=1S/C25H29NO6/c1-4-31-20-15-18(11-12-19(20)27)22-21(23(28)17-9-6-5-7-10-17)24(29)25(30)26(22)13-8-14-32-16(2)3/h5-7,9-12,15-16,22,27-28H,4,8,13-14H2,1-3H3/t22-/m1/s1. The highest BCUT2D eigenvalue weighted by atomic mass is 16.5. The van der Waals surface area contributed by atoms with Crippen LogP contribution >= 0.6 is 0 Å². The van der Waals surface area contributed by atoms with Gasteiger partial charge in [0.05, 0.1) is 24.3 Å². The van der Waals surface area contributed by atoms with Crippen molar-refractivity contribution < 1.29 is 29.3 Å². The van der Waals surface area contributed by atoms with Crippen LogP contribution in [0, 0.1) is 0 Å². The van der Waals surface area contributed by atoms with Crippen molar-refractivity contribution in [1.82, 2.24) is 4.90 Å². The van der Waals surface area contributed by atoms with E-state index in [9.17, 15) is 19.8 Å². The van der Waals surface area contributed by atoms with Gasteiger partial charge in [-0.3, -0.25) is 9.59 Å². The zero-order valence-electron chi connectivity index (χ0n) is 18.6. The van der Waals surface area contributed by atoms with E-state index < -0.39 is 17.7 Å². The summed E-state index contributed by atoms with van der Waals surface area (Å²) in [4.78, 5) is 27.4. The summed E-state index contributed by atoms with van der Waals surface area (Å²) in [6, 6.07) is 12.5. The maximum atomic E-state index is 13.0. The Morgan fingerprint density at radius 3 is 2.50 bits per heavy atom. The third-order valence-corrected chi connectivity index (χ3v) is 5.18. The molecule has 1 fully saturated rings. The molecule has 0 aromatic heterocycles. The van der Waals surface area contributed by atoms with E-state index in [1.54, 1.807) is 49.4 Å². The number of benzene rings is 2. The number of aliphatic hydroxyl groups excluding tert-OH is 1. The molecule has 0 spiro atoms. The van der Waals surface area contributed by atoms with E-state index in [2.05, 4.69) is 0 Å². The molecule has 1 aliphatic rings. The van der Waals surface area contributed by atoms with Crippen molar-refractivity contribution in [3.63, 3.8) is 0 Å². The number of ketones is 1. The van der Waals surface area contributed by atoms with Crippen LogP contribution in [0.4, 0.5) is 0 Å². The zero-order chi connectivity index (χ0) is 23.3. The lowest BCUT2D eigenvalue weighted by Gasteiger charge is -2.26. The van der Waals surface area contributed by atoms with Crippen LogP contribution in [0.1, 0.15) is 44.4 Å². The number of aromatic hydroxyl groups is 1. The van der Waals surface area contributed by atoms with Crippen LogP contribution in [0.3, 0.4) is 0 Å². The molecule has 0 radical (unpaired) electrons. The van der Waals surface area contributed by atoms with E-state index in [4.69, 9.17) is 9.47 Å². The molecule has 3 rings (SSSR count). The summed E-state index contributed by atoms with van der Waals surface area (Å²) in [5.74, 6) is -1.45. The fourth-order valence-corrected chi connectivity index (χ4v) is 3.73. The molecule has 0 unspecified atom stereocenters. The Labute approximate surface area is 187 Å². The number of likely N-dealkylation sites (tertiary alicyclic amines) is 1. The maximum absolute atomic E-state index is 13.0. The molecule has 2 N–H and O–H groups in total. The third kappa shape index (κ3) is 4.94. The van der Waals surface area contributed by atoms with Gasteiger partial charge in [0.2, 0.25) is 0 Å². The van der Waals surface area contributed by atoms with Gasteiger partial charge in [0.25, 0.3) is 11.7 Å². The number of carbonyl (C=O) groups excluding carboxylic acids is 2. The second kappa shape index (κ2) is 10.3. The minimum absolute atomic E-state index is 0.0131. The molecule has 0 bridgehead atoms. The SMILES string of the molecule is CCOc1cc([C@@H]2C(=C(O)c3ccccc3)C(=O)C(=O)N2CCCOC(C)C)ccc1O. The normalized spacial score (nSPS) is 17.9. The van der Waals surface area contributed by atoms with Gasteiger partial charge in [-0.15, -0.1) is 0 Å². The number of hydrogen-bond acceptors (Lipinski definition) is 6. The number of aliphatic hydroxyl groups is 1. The number of rotatable bonds is 9. The molecular formula is C25H29NO6. The quantitative estimate of drug-likeness (QED) is 0.265. The van der Waals surface area contributed by atoms with E-state index >= 15 is 0 Å². The van der Waals surface area contributed by atoms with Gasteiger partial charge in [-0.2, -0.15) is 0 Å². The number of ether oxygens (including phenoxy) is 2. The fraction of sp³-hybridized carbons (Fsp3) is 0.360. The van der Waals surface area contributed by atoms with Crippen molar-refractivity contribution in [1.29, 1.82) is 0 Å². The van der Waals surface area contributed by atoms with Gasteiger partial charge in [0.15, 0.2) is 11.5 Å². The van der Waals surface area contributed by atoms with Gasteiger partial charge < -0.3 is 24.6 Å². The van der Waals surface area contributed by atoms with Crippen LogP contribution in [0.5, 0.6) is 11.5 Å². The Morgan fingerprint density at radius 1 is 1.12 bits per heavy atom. The number of hydrogen-bond donors (Lipinski definition) is 2. The number of nitrogens with zero attached hydrogens (tertiary/aromatic N) is 1. The predicted octanol–water partition coefficient (Wildman–Crippen LogP) is 4.03. The topological polar surface area (TPSA) is 96.3 Å². The molecule has 0 saturated carbocycles. The fourth-order valence-electron chi connectivity index (χ4n) is 3.73. The van der Waals surface area contributed by atoms with Crippen LogP contribution < -0.4 is 4.74 Å². The van der Waals surface area contributed by atoms with Crippen molar-refractivity contribution in [2.75, 3.05) is 19.8 Å². The Kier molecular flexibility index (Phi) is 7.53. The molecule has 2 aromatic rings. The molecule has 32 heavy (non-hydrogen) atoms. The largest absolute Gasteiger partial charge is 0.507 e.